The molecule has 1 N–H and O–H groups in total. The van der Waals surface area contributed by atoms with Gasteiger partial charge in [0, 0.05) is 18.2 Å². The van der Waals surface area contributed by atoms with Crippen LogP contribution in [0, 0.1) is 18.6 Å². The maximum absolute atomic E-state index is 14.4. The van der Waals surface area contributed by atoms with Crippen molar-refractivity contribution in [1.29, 1.82) is 0 Å². The Kier molecular flexibility index (Phi) is 7.12. The van der Waals surface area contributed by atoms with Crippen LogP contribution in [0.2, 0.25) is 0 Å². The van der Waals surface area contributed by atoms with Crippen LogP contribution in [0.1, 0.15) is 39.0 Å². The van der Waals surface area contributed by atoms with Crippen LogP contribution in [0.15, 0.2) is 48.5 Å². The summed E-state index contributed by atoms with van der Waals surface area (Å²) in [7, 11) is 0. The predicted octanol–water partition coefficient (Wildman–Crippen LogP) is 5.58. The van der Waals surface area contributed by atoms with E-state index >= 15 is 0 Å². The van der Waals surface area contributed by atoms with Crippen molar-refractivity contribution in [2.24, 2.45) is 0 Å². The summed E-state index contributed by atoms with van der Waals surface area (Å²) < 4.78 is 35.3. The van der Waals surface area contributed by atoms with Gasteiger partial charge in [0.15, 0.2) is 11.6 Å². The fourth-order valence-corrected chi connectivity index (χ4v) is 3.22. The molecule has 0 aliphatic heterocycles. The third-order valence-electron chi connectivity index (χ3n) is 4.86. The number of hydrogen-bond acceptors (Lipinski definition) is 3. The van der Waals surface area contributed by atoms with E-state index in [0.29, 0.717) is 16.9 Å². The van der Waals surface area contributed by atoms with Gasteiger partial charge in [0.2, 0.25) is 5.88 Å². The molecule has 0 spiro atoms. The van der Waals surface area contributed by atoms with Gasteiger partial charge < -0.3 is 15.0 Å². The van der Waals surface area contributed by atoms with Gasteiger partial charge >= 0.3 is 6.03 Å². The van der Waals surface area contributed by atoms with Crippen LogP contribution < -0.4 is 10.1 Å². The summed E-state index contributed by atoms with van der Waals surface area (Å²) in [5.41, 5.74) is 1.97. The molecule has 0 saturated heterocycles. The van der Waals surface area contributed by atoms with Crippen LogP contribution in [0.3, 0.4) is 0 Å². The molecule has 0 fully saturated rings. The molecule has 0 bridgehead atoms. The summed E-state index contributed by atoms with van der Waals surface area (Å²) in [5.74, 6) is -1.39. The molecule has 8 heteroatoms. The Morgan fingerprint density at radius 1 is 1.12 bits per heavy atom. The topological polar surface area (TPSA) is 59.4 Å². The van der Waals surface area contributed by atoms with Crippen LogP contribution in [0.5, 0.6) is 11.6 Å². The first-order valence-electron chi connectivity index (χ1n) is 10.5. The molecule has 32 heavy (non-hydrogen) atoms. The number of carbonyl (C=O) groups excluding carboxylic acids is 1. The number of rotatable bonds is 7. The fraction of sp³-hybridized carbons (Fsp3) is 0.333. The molecule has 0 aliphatic carbocycles. The van der Waals surface area contributed by atoms with E-state index in [1.54, 1.807) is 9.58 Å². The molecular weight excluding hydrogens is 414 g/mol. The molecule has 6 nitrogen and oxygen atoms in total. The van der Waals surface area contributed by atoms with Crippen molar-refractivity contribution in [3.63, 3.8) is 0 Å². The van der Waals surface area contributed by atoms with Gasteiger partial charge in [-0.05, 0) is 58.9 Å². The quantitative estimate of drug-likeness (QED) is 0.520. The summed E-state index contributed by atoms with van der Waals surface area (Å²) in [4.78, 5) is 14.5. The molecule has 3 aromatic rings. The van der Waals surface area contributed by atoms with Gasteiger partial charge in [0.25, 0.3) is 0 Å². The number of ether oxygens (including phenoxy) is 1. The molecule has 2 aromatic carbocycles. The highest BCUT2D eigenvalue weighted by Gasteiger charge is 2.26. The second-order valence-corrected chi connectivity index (χ2v) is 8.12. The maximum atomic E-state index is 14.4. The van der Waals surface area contributed by atoms with Crippen molar-refractivity contribution >= 4 is 6.03 Å². The van der Waals surface area contributed by atoms with E-state index in [2.05, 4.69) is 10.4 Å². The Balaban J connectivity index is 2.08. The van der Waals surface area contributed by atoms with Gasteiger partial charge in [0.1, 0.15) is 5.82 Å². The van der Waals surface area contributed by atoms with Crippen molar-refractivity contribution in [2.45, 2.75) is 53.2 Å². The molecule has 0 atom stereocenters. The maximum Gasteiger partial charge on any atom is 0.318 e. The van der Waals surface area contributed by atoms with E-state index in [0.717, 1.165) is 12.1 Å². The molecule has 170 valence electrons. The summed E-state index contributed by atoms with van der Waals surface area (Å²) in [5, 5.41) is 7.50. The lowest BCUT2D eigenvalue weighted by Gasteiger charge is -2.28. The number of amides is 2. The minimum Gasteiger partial charge on any atom is -0.435 e. The van der Waals surface area contributed by atoms with Crippen molar-refractivity contribution < 1.29 is 18.3 Å². The Labute approximate surface area is 186 Å². The summed E-state index contributed by atoms with van der Waals surface area (Å²) in [6, 6.07) is 12.0. The highest BCUT2D eigenvalue weighted by molar-refractivity contribution is 5.75. The number of aromatic nitrogens is 2. The van der Waals surface area contributed by atoms with Crippen molar-refractivity contribution in [3.8, 4) is 17.3 Å². The highest BCUT2D eigenvalue weighted by atomic mass is 19.1. The van der Waals surface area contributed by atoms with Crippen LogP contribution in [0.25, 0.3) is 5.69 Å². The Bertz CT molecular complexity index is 1080. The lowest BCUT2D eigenvalue weighted by Crippen LogP contribution is -2.45. The van der Waals surface area contributed by atoms with E-state index < -0.39 is 11.6 Å². The Hall–Kier alpha value is -3.42. The zero-order valence-electron chi connectivity index (χ0n) is 18.9. The highest BCUT2D eigenvalue weighted by Crippen LogP contribution is 2.33. The summed E-state index contributed by atoms with van der Waals surface area (Å²) in [6.07, 6.45) is 0. The monoisotopic (exact) mass is 442 g/mol. The van der Waals surface area contributed by atoms with Gasteiger partial charge in [-0.3, -0.25) is 0 Å². The number of para-hydroxylation sites is 1. The van der Waals surface area contributed by atoms with Gasteiger partial charge in [-0.1, -0.05) is 18.2 Å². The molecule has 0 unspecified atom stereocenters. The van der Waals surface area contributed by atoms with Crippen LogP contribution >= 0.6 is 0 Å². The number of nitrogens with one attached hydrogen (secondary N) is 1. The zero-order valence-corrected chi connectivity index (χ0v) is 18.9. The van der Waals surface area contributed by atoms with Gasteiger partial charge in [-0.25, -0.2) is 18.3 Å². The zero-order chi connectivity index (χ0) is 23.4. The third kappa shape index (κ3) is 5.25. The van der Waals surface area contributed by atoms with Crippen LogP contribution in [-0.2, 0) is 6.54 Å². The molecule has 0 saturated carbocycles. The van der Waals surface area contributed by atoms with E-state index in [-0.39, 0.29) is 36.3 Å². The lowest BCUT2D eigenvalue weighted by atomic mass is 10.2. The van der Waals surface area contributed by atoms with Gasteiger partial charge in [-0.15, -0.1) is 0 Å². The number of hydrogen-bond donors (Lipinski definition) is 1. The average molecular weight is 443 g/mol. The summed E-state index contributed by atoms with van der Waals surface area (Å²) >= 11 is 0. The van der Waals surface area contributed by atoms with E-state index in [4.69, 9.17) is 4.74 Å². The normalized spacial score (nSPS) is 11.2. The summed E-state index contributed by atoms with van der Waals surface area (Å²) in [6.45, 7) is 9.62. The molecule has 3 rings (SSSR count). The first kappa shape index (κ1) is 23.2. The lowest BCUT2D eigenvalue weighted by molar-refractivity contribution is 0.176. The molecule has 1 heterocycles. The minimum absolute atomic E-state index is 0.0269. The van der Waals surface area contributed by atoms with E-state index in [1.807, 2.05) is 65.0 Å². The van der Waals surface area contributed by atoms with Gasteiger partial charge in [0.05, 0.1) is 23.5 Å². The van der Waals surface area contributed by atoms with Crippen molar-refractivity contribution in [2.75, 3.05) is 0 Å². The van der Waals surface area contributed by atoms with Crippen molar-refractivity contribution in [3.05, 3.63) is 71.4 Å². The molecular formula is C24H28F2N4O2. The number of urea groups is 1. The Morgan fingerprint density at radius 3 is 2.41 bits per heavy atom. The number of aryl methyl sites for hydroxylation is 1. The second kappa shape index (κ2) is 9.80. The second-order valence-electron chi connectivity index (χ2n) is 8.12. The molecule has 0 aliphatic rings. The first-order chi connectivity index (χ1) is 15.2. The largest absolute Gasteiger partial charge is 0.435 e. The van der Waals surface area contributed by atoms with E-state index in [1.165, 1.54) is 6.07 Å². The standard InChI is InChI=1S/C24H28F2N4O2/c1-15(2)27-24(31)29(16(3)4)14-20-17(5)28-30(19-9-7-6-8-10-19)23(20)32-22-12-11-18(25)13-21(22)26/h6-13,15-16H,14H2,1-5H3,(H,27,31). The van der Waals surface area contributed by atoms with Crippen LogP contribution in [-0.4, -0.2) is 32.8 Å². The van der Waals surface area contributed by atoms with Crippen LogP contribution in [0.4, 0.5) is 13.6 Å². The first-order valence-corrected chi connectivity index (χ1v) is 10.5. The smallest absolute Gasteiger partial charge is 0.318 e. The van der Waals surface area contributed by atoms with E-state index in [9.17, 15) is 13.6 Å². The Morgan fingerprint density at radius 2 is 1.81 bits per heavy atom. The number of halogens is 2. The van der Waals surface area contributed by atoms with Gasteiger partial charge in [-0.2, -0.15) is 5.10 Å². The fourth-order valence-electron chi connectivity index (χ4n) is 3.22. The molecule has 1 aromatic heterocycles. The third-order valence-corrected chi connectivity index (χ3v) is 4.86. The SMILES string of the molecule is Cc1nn(-c2ccccc2)c(Oc2ccc(F)cc2F)c1CN(C(=O)NC(C)C)C(C)C. The number of carbonyl (C=O) groups is 1. The number of benzene rings is 2. The average Bonchev–Trinajstić information content (AvgIpc) is 3.03. The number of nitrogens with zero attached hydrogens (tertiary/aromatic N) is 3. The molecule has 0 radical (unpaired) electrons. The molecule has 2 amide bonds. The van der Waals surface area contributed by atoms with Crippen molar-refractivity contribution in [1.82, 2.24) is 20.0 Å². The predicted molar refractivity (Wildman–Crippen MR) is 119 cm³/mol. The minimum atomic E-state index is -0.826.